The fourth-order valence-corrected chi connectivity index (χ4v) is 6.16. The van der Waals surface area contributed by atoms with Crippen molar-refractivity contribution in [2.75, 3.05) is 28.2 Å². The summed E-state index contributed by atoms with van der Waals surface area (Å²) in [5.74, 6) is 0.990. The number of hydrogen-bond acceptors (Lipinski definition) is 11. The maximum absolute atomic E-state index is 13.3. The largest absolute Gasteiger partial charge is 0.477 e. The third kappa shape index (κ3) is 5.13. The number of carbonyl (C=O) groups excluding carboxylic acids is 1. The lowest BCUT2D eigenvalue weighted by Gasteiger charge is -2.31. The predicted octanol–water partition coefficient (Wildman–Crippen LogP) is 4.01. The Morgan fingerprint density at radius 2 is 1.78 bits per heavy atom. The van der Waals surface area contributed by atoms with E-state index in [1.807, 2.05) is 38.1 Å². The Bertz CT molecular complexity index is 1620. The normalized spacial score (nSPS) is 15.5. The quantitative estimate of drug-likeness (QED) is 0.292. The third-order valence-corrected chi connectivity index (χ3v) is 8.50. The van der Waals surface area contributed by atoms with Crippen molar-refractivity contribution in [3.8, 4) is 11.1 Å². The zero-order valence-electron chi connectivity index (χ0n) is 22.8. The van der Waals surface area contributed by atoms with Gasteiger partial charge in [-0.25, -0.2) is 9.78 Å². The molecular weight excluding hydrogens is 546 g/mol. The molecule has 4 aromatic rings. The van der Waals surface area contributed by atoms with Crippen LogP contribution in [-0.4, -0.2) is 61.4 Å². The van der Waals surface area contributed by atoms with Crippen LogP contribution in [0.3, 0.4) is 0 Å². The molecule has 41 heavy (non-hydrogen) atoms. The standard InChI is InChI=1S/C28H29N7O5S/c1-14-22(16(3)40-33-14)18-6-4-17(5-7-18)13-35-21(37)12-20-24(34-10-8-19(36)9-11-34)30-27(31-25(20)35)32-28-29-15(2)23(41-28)26(38)39/h4-7,19,36H,8-13H2,1-3H3,(H,38,39)(H,29,30,31,32). The number of aliphatic hydroxyl groups excluding tert-OH is 1. The number of anilines is 4. The average Bonchev–Trinajstić information content (AvgIpc) is 3.59. The van der Waals surface area contributed by atoms with Crippen molar-refractivity contribution in [2.24, 2.45) is 0 Å². The highest BCUT2D eigenvalue weighted by molar-refractivity contribution is 7.17. The molecule has 0 unspecified atom stereocenters. The maximum Gasteiger partial charge on any atom is 0.347 e. The summed E-state index contributed by atoms with van der Waals surface area (Å²) >= 11 is 1.00. The van der Waals surface area contributed by atoms with Gasteiger partial charge in [-0.2, -0.15) is 9.97 Å². The molecule has 1 amide bonds. The number of carboxylic acid groups (broad SMARTS) is 1. The average molecular weight is 576 g/mol. The number of rotatable bonds is 7. The number of nitrogens with one attached hydrogen (secondary N) is 1. The third-order valence-electron chi connectivity index (χ3n) is 7.44. The van der Waals surface area contributed by atoms with E-state index in [-0.39, 0.29) is 29.3 Å². The molecule has 1 aromatic carbocycles. The zero-order chi connectivity index (χ0) is 28.8. The van der Waals surface area contributed by atoms with E-state index in [0.717, 1.165) is 45.0 Å². The second-order valence-corrected chi connectivity index (χ2v) is 11.3. The van der Waals surface area contributed by atoms with Crippen LogP contribution in [0.15, 0.2) is 28.8 Å². The molecule has 3 aromatic heterocycles. The van der Waals surface area contributed by atoms with E-state index < -0.39 is 5.97 Å². The zero-order valence-corrected chi connectivity index (χ0v) is 23.7. The van der Waals surface area contributed by atoms with Gasteiger partial charge >= 0.3 is 5.97 Å². The Morgan fingerprint density at radius 1 is 1.07 bits per heavy atom. The topological polar surface area (TPSA) is 158 Å². The molecular formula is C28H29N7O5S. The molecule has 2 aliphatic rings. The van der Waals surface area contributed by atoms with Gasteiger partial charge < -0.3 is 19.6 Å². The van der Waals surface area contributed by atoms with Crippen molar-refractivity contribution in [1.29, 1.82) is 0 Å². The van der Waals surface area contributed by atoms with E-state index in [0.29, 0.717) is 54.9 Å². The summed E-state index contributed by atoms with van der Waals surface area (Å²) in [7, 11) is 0. The second-order valence-electron chi connectivity index (χ2n) is 10.3. The number of piperidine rings is 1. The number of aliphatic hydroxyl groups is 1. The molecule has 0 radical (unpaired) electrons. The molecule has 6 rings (SSSR count). The Balaban J connectivity index is 1.33. The van der Waals surface area contributed by atoms with Gasteiger partial charge in [0, 0.05) is 24.2 Å². The molecule has 0 spiro atoms. The fraction of sp³-hybridized carbons (Fsp3) is 0.357. The summed E-state index contributed by atoms with van der Waals surface area (Å²) in [6, 6.07) is 7.94. The summed E-state index contributed by atoms with van der Waals surface area (Å²) in [6.45, 7) is 6.94. The fourth-order valence-electron chi connectivity index (χ4n) is 5.36. The number of thiazole rings is 1. The van der Waals surface area contributed by atoms with Crippen LogP contribution in [0.25, 0.3) is 11.1 Å². The molecule has 1 saturated heterocycles. The van der Waals surface area contributed by atoms with E-state index in [2.05, 4.69) is 20.4 Å². The van der Waals surface area contributed by atoms with Gasteiger partial charge in [-0.1, -0.05) is 40.8 Å². The second kappa shape index (κ2) is 10.6. The first-order valence-electron chi connectivity index (χ1n) is 13.3. The first kappa shape index (κ1) is 26.8. The Hall–Kier alpha value is -4.36. The molecule has 0 aliphatic carbocycles. The molecule has 1 fully saturated rings. The van der Waals surface area contributed by atoms with E-state index in [9.17, 15) is 19.8 Å². The lowest BCUT2D eigenvalue weighted by Crippen LogP contribution is -2.37. The first-order valence-corrected chi connectivity index (χ1v) is 14.1. The lowest BCUT2D eigenvalue weighted by atomic mass is 10.0. The molecule has 5 heterocycles. The van der Waals surface area contributed by atoms with Crippen LogP contribution < -0.4 is 15.1 Å². The van der Waals surface area contributed by atoms with E-state index in [4.69, 9.17) is 14.5 Å². The van der Waals surface area contributed by atoms with Crippen LogP contribution in [0.1, 0.15) is 50.8 Å². The van der Waals surface area contributed by atoms with Crippen LogP contribution in [-0.2, 0) is 17.8 Å². The molecule has 0 atom stereocenters. The first-order chi connectivity index (χ1) is 19.7. The number of nitrogens with zero attached hydrogens (tertiary/aromatic N) is 6. The number of hydrogen-bond donors (Lipinski definition) is 3. The van der Waals surface area contributed by atoms with Crippen molar-refractivity contribution in [1.82, 2.24) is 20.1 Å². The SMILES string of the molecule is Cc1nc(Nc2nc(N3CCC(O)CC3)c3c(n2)N(Cc2ccc(-c4c(C)noc4C)cc2)C(=O)C3)sc1C(=O)O. The Morgan fingerprint density at radius 3 is 2.41 bits per heavy atom. The Kier molecular flexibility index (Phi) is 6.91. The lowest BCUT2D eigenvalue weighted by molar-refractivity contribution is -0.117. The van der Waals surface area contributed by atoms with Gasteiger partial charge in [0.2, 0.25) is 11.9 Å². The van der Waals surface area contributed by atoms with E-state index >= 15 is 0 Å². The highest BCUT2D eigenvalue weighted by atomic mass is 32.1. The van der Waals surface area contributed by atoms with Crippen LogP contribution in [0, 0.1) is 20.8 Å². The van der Waals surface area contributed by atoms with Gasteiger partial charge in [-0.3, -0.25) is 15.0 Å². The number of amides is 1. The monoisotopic (exact) mass is 575 g/mol. The van der Waals surface area contributed by atoms with E-state index in [1.165, 1.54) is 0 Å². The van der Waals surface area contributed by atoms with Gasteiger partial charge in [0.05, 0.1) is 30.5 Å². The van der Waals surface area contributed by atoms with Crippen molar-refractivity contribution in [2.45, 2.75) is 52.7 Å². The van der Waals surface area contributed by atoms with Crippen LogP contribution >= 0.6 is 11.3 Å². The number of fused-ring (bicyclic) bond motifs is 1. The van der Waals surface area contributed by atoms with Gasteiger partial charge in [-0.05, 0) is 44.7 Å². The maximum atomic E-state index is 13.3. The summed E-state index contributed by atoms with van der Waals surface area (Å²) in [4.78, 5) is 42.5. The minimum absolute atomic E-state index is 0.0854. The molecule has 12 nitrogen and oxygen atoms in total. The molecule has 13 heteroatoms. The summed E-state index contributed by atoms with van der Waals surface area (Å²) < 4.78 is 5.31. The van der Waals surface area contributed by atoms with Gasteiger partial charge in [0.25, 0.3) is 0 Å². The molecule has 212 valence electrons. The van der Waals surface area contributed by atoms with Crippen molar-refractivity contribution in [3.63, 3.8) is 0 Å². The molecule has 0 bridgehead atoms. The van der Waals surface area contributed by atoms with E-state index in [1.54, 1.807) is 11.8 Å². The van der Waals surface area contributed by atoms with Gasteiger partial charge in [-0.15, -0.1) is 0 Å². The smallest absolute Gasteiger partial charge is 0.347 e. The summed E-state index contributed by atoms with van der Waals surface area (Å²) in [6.07, 6.45) is 1.01. The van der Waals surface area contributed by atoms with Crippen molar-refractivity contribution < 1.29 is 24.3 Å². The molecule has 0 saturated carbocycles. The number of carbonyl (C=O) groups is 2. The number of aromatic nitrogens is 4. The van der Waals surface area contributed by atoms with Crippen molar-refractivity contribution >= 4 is 45.9 Å². The summed E-state index contributed by atoms with van der Waals surface area (Å²) in [5.41, 5.74) is 4.83. The minimum Gasteiger partial charge on any atom is -0.477 e. The minimum atomic E-state index is -1.05. The van der Waals surface area contributed by atoms with Crippen LogP contribution in [0.5, 0.6) is 0 Å². The summed E-state index contributed by atoms with van der Waals surface area (Å²) in [5, 5.41) is 26.9. The number of aromatic carboxylic acids is 1. The molecule has 2 aliphatic heterocycles. The highest BCUT2D eigenvalue weighted by Gasteiger charge is 2.35. The predicted molar refractivity (Wildman–Crippen MR) is 153 cm³/mol. The number of carboxylic acids is 1. The number of benzene rings is 1. The van der Waals surface area contributed by atoms with Gasteiger partial charge in [0.15, 0.2) is 5.13 Å². The highest BCUT2D eigenvalue weighted by Crippen LogP contribution is 2.38. The van der Waals surface area contributed by atoms with Crippen molar-refractivity contribution in [3.05, 3.63) is 57.4 Å². The van der Waals surface area contributed by atoms with Crippen LogP contribution in [0.2, 0.25) is 0 Å². The Labute approximate surface area is 239 Å². The number of aryl methyl sites for hydroxylation is 3. The molecule has 3 N–H and O–H groups in total. The van der Waals surface area contributed by atoms with Gasteiger partial charge in [0.1, 0.15) is 22.3 Å². The van der Waals surface area contributed by atoms with Crippen LogP contribution in [0.4, 0.5) is 22.7 Å².